The molecule has 1 unspecified atom stereocenters. The molecule has 0 bridgehead atoms. The number of rotatable bonds is 5. The fourth-order valence-electron chi connectivity index (χ4n) is 3.42. The molecule has 0 aromatic heterocycles. The summed E-state index contributed by atoms with van der Waals surface area (Å²) < 4.78 is 22.3. The van der Waals surface area contributed by atoms with Crippen molar-refractivity contribution in [3.63, 3.8) is 0 Å². The molecule has 2 aliphatic rings. The van der Waals surface area contributed by atoms with E-state index >= 15 is 0 Å². The number of amides is 1. The maximum absolute atomic E-state index is 12.6. The van der Waals surface area contributed by atoms with E-state index in [-0.39, 0.29) is 12.7 Å². The molecule has 0 radical (unpaired) electrons. The van der Waals surface area contributed by atoms with Crippen LogP contribution in [0.25, 0.3) is 0 Å². The summed E-state index contributed by atoms with van der Waals surface area (Å²) in [5.74, 6) is 2.72. The summed E-state index contributed by atoms with van der Waals surface area (Å²) in [4.78, 5) is 12.6. The van der Waals surface area contributed by atoms with Crippen molar-refractivity contribution in [2.45, 2.75) is 19.1 Å². The highest BCUT2D eigenvalue weighted by Crippen LogP contribution is 2.35. The number of nitrogens with one attached hydrogen (secondary N) is 1. The normalized spacial score (nSPS) is 16.1. The van der Waals surface area contributed by atoms with Gasteiger partial charge in [-0.15, -0.1) is 0 Å². The molecule has 0 saturated heterocycles. The predicted molar refractivity (Wildman–Crippen MR) is 107 cm³/mol. The molecule has 1 N–H and O–H groups in total. The van der Waals surface area contributed by atoms with Gasteiger partial charge in [-0.1, -0.05) is 30.3 Å². The summed E-state index contributed by atoms with van der Waals surface area (Å²) in [6.07, 6.45) is 0.0653. The van der Waals surface area contributed by atoms with Gasteiger partial charge in [0, 0.05) is 18.2 Å². The van der Waals surface area contributed by atoms with Crippen molar-refractivity contribution in [1.82, 2.24) is 0 Å². The molecule has 0 spiro atoms. The van der Waals surface area contributed by atoms with Crippen LogP contribution < -0.4 is 24.3 Å². The van der Waals surface area contributed by atoms with Gasteiger partial charge in [-0.2, -0.15) is 0 Å². The predicted octanol–water partition coefficient (Wildman–Crippen LogP) is 3.94. The van der Waals surface area contributed by atoms with Crippen LogP contribution in [0.5, 0.6) is 23.0 Å². The molecule has 3 aromatic carbocycles. The number of benzene rings is 3. The zero-order valence-electron chi connectivity index (χ0n) is 15.6. The second-order valence-electron chi connectivity index (χ2n) is 6.91. The SMILES string of the molecule is O=C(Nc1cccc(COc2ccc3c(c2)OCO3)c1)C1Cc2ccccc2O1. The molecule has 0 saturated carbocycles. The zero-order valence-corrected chi connectivity index (χ0v) is 15.6. The lowest BCUT2D eigenvalue weighted by atomic mass is 10.1. The van der Waals surface area contributed by atoms with Crippen LogP contribution in [0.15, 0.2) is 66.7 Å². The second-order valence-corrected chi connectivity index (χ2v) is 6.91. The van der Waals surface area contributed by atoms with E-state index in [1.807, 2.05) is 66.7 Å². The number of hydrogen-bond donors (Lipinski definition) is 1. The first-order valence-corrected chi connectivity index (χ1v) is 9.41. The van der Waals surface area contributed by atoms with Crippen molar-refractivity contribution in [2.75, 3.05) is 12.1 Å². The van der Waals surface area contributed by atoms with Crippen molar-refractivity contribution in [3.8, 4) is 23.0 Å². The van der Waals surface area contributed by atoms with E-state index in [0.29, 0.717) is 30.2 Å². The molecule has 0 aliphatic carbocycles. The van der Waals surface area contributed by atoms with Crippen LogP contribution in [-0.2, 0) is 17.8 Å². The third-order valence-corrected chi connectivity index (χ3v) is 4.88. The van der Waals surface area contributed by atoms with Crippen molar-refractivity contribution in [2.24, 2.45) is 0 Å². The molecule has 6 heteroatoms. The molecule has 29 heavy (non-hydrogen) atoms. The Morgan fingerprint density at radius 2 is 1.86 bits per heavy atom. The van der Waals surface area contributed by atoms with Crippen molar-refractivity contribution < 1.29 is 23.7 Å². The summed E-state index contributed by atoms with van der Waals surface area (Å²) in [6, 6.07) is 20.8. The van der Waals surface area contributed by atoms with Gasteiger partial charge < -0.3 is 24.3 Å². The Hall–Kier alpha value is -3.67. The molecule has 1 amide bonds. The molecular weight excluding hydrogens is 370 g/mol. The molecule has 6 nitrogen and oxygen atoms in total. The van der Waals surface area contributed by atoms with E-state index in [2.05, 4.69) is 5.32 Å². The number of hydrogen-bond acceptors (Lipinski definition) is 5. The summed E-state index contributed by atoms with van der Waals surface area (Å²) in [6.45, 7) is 0.602. The van der Waals surface area contributed by atoms with Crippen LogP contribution in [0.3, 0.4) is 0 Å². The minimum atomic E-state index is -0.513. The Labute approximate surface area is 168 Å². The van der Waals surface area contributed by atoms with E-state index in [1.54, 1.807) is 0 Å². The molecule has 5 rings (SSSR count). The standard InChI is InChI=1S/C23H19NO5/c25-23(22-11-16-5-1-2-7-19(16)29-22)24-17-6-3-4-15(10-17)13-26-18-8-9-20-21(12-18)28-14-27-20/h1-10,12,22H,11,13-14H2,(H,24,25). The van der Waals surface area contributed by atoms with Crippen LogP contribution in [0.2, 0.25) is 0 Å². The van der Waals surface area contributed by atoms with Gasteiger partial charge in [0.05, 0.1) is 0 Å². The summed E-state index contributed by atoms with van der Waals surface area (Å²) >= 11 is 0. The number of para-hydroxylation sites is 1. The van der Waals surface area contributed by atoms with Crippen LogP contribution in [0.4, 0.5) is 5.69 Å². The summed E-state index contributed by atoms with van der Waals surface area (Å²) in [7, 11) is 0. The van der Waals surface area contributed by atoms with Crippen LogP contribution in [0, 0.1) is 0 Å². The van der Waals surface area contributed by atoms with E-state index in [9.17, 15) is 4.79 Å². The minimum absolute atomic E-state index is 0.157. The van der Waals surface area contributed by atoms with Crippen molar-refractivity contribution in [3.05, 3.63) is 77.9 Å². The molecule has 146 valence electrons. The number of carbonyl (C=O) groups is 1. The molecule has 2 heterocycles. The molecule has 0 fully saturated rings. The molecule has 2 aliphatic heterocycles. The Kier molecular flexibility index (Phi) is 4.44. The minimum Gasteiger partial charge on any atom is -0.489 e. The van der Waals surface area contributed by atoms with Crippen LogP contribution in [0.1, 0.15) is 11.1 Å². The largest absolute Gasteiger partial charge is 0.489 e. The Morgan fingerprint density at radius 3 is 2.79 bits per heavy atom. The number of carbonyl (C=O) groups excluding carboxylic acids is 1. The van der Waals surface area contributed by atoms with Gasteiger partial charge in [0.25, 0.3) is 5.91 Å². The average Bonchev–Trinajstić information content (AvgIpc) is 3.39. The Morgan fingerprint density at radius 1 is 0.966 bits per heavy atom. The van der Waals surface area contributed by atoms with Gasteiger partial charge in [-0.3, -0.25) is 4.79 Å². The maximum Gasteiger partial charge on any atom is 0.265 e. The van der Waals surface area contributed by atoms with Gasteiger partial charge in [-0.25, -0.2) is 0 Å². The fourth-order valence-corrected chi connectivity index (χ4v) is 3.42. The molecule has 3 aromatic rings. The lowest BCUT2D eigenvalue weighted by Gasteiger charge is -2.13. The molecule has 1 atom stereocenters. The zero-order chi connectivity index (χ0) is 19.6. The topological polar surface area (TPSA) is 66.0 Å². The quantitative estimate of drug-likeness (QED) is 0.716. The third kappa shape index (κ3) is 3.69. The van der Waals surface area contributed by atoms with E-state index in [1.165, 1.54) is 0 Å². The van der Waals surface area contributed by atoms with Crippen LogP contribution in [-0.4, -0.2) is 18.8 Å². The van der Waals surface area contributed by atoms with E-state index in [0.717, 1.165) is 22.6 Å². The number of ether oxygens (including phenoxy) is 4. The monoisotopic (exact) mass is 389 g/mol. The maximum atomic E-state index is 12.6. The van der Waals surface area contributed by atoms with E-state index in [4.69, 9.17) is 18.9 Å². The van der Waals surface area contributed by atoms with Gasteiger partial charge in [-0.05, 0) is 41.5 Å². The van der Waals surface area contributed by atoms with E-state index < -0.39 is 6.10 Å². The van der Waals surface area contributed by atoms with Gasteiger partial charge >= 0.3 is 0 Å². The first-order valence-electron chi connectivity index (χ1n) is 9.41. The second kappa shape index (κ2) is 7.39. The van der Waals surface area contributed by atoms with Crippen LogP contribution >= 0.6 is 0 Å². The first kappa shape index (κ1) is 17.4. The first-order chi connectivity index (χ1) is 14.2. The lowest BCUT2D eigenvalue weighted by molar-refractivity contribution is -0.122. The number of anilines is 1. The number of fused-ring (bicyclic) bond motifs is 2. The highest BCUT2D eigenvalue weighted by Gasteiger charge is 2.28. The van der Waals surface area contributed by atoms with Gasteiger partial charge in [0.15, 0.2) is 17.6 Å². The Balaban J connectivity index is 1.20. The average molecular weight is 389 g/mol. The lowest BCUT2D eigenvalue weighted by Crippen LogP contribution is -2.31. The summed E-state index contributed by atoms with van der Waals surface area (Å²) in [5, 5.41) is 2.94. The Bertz CT molecular complexity index is 1040. The van der Waals surface area contributed by atoms with Gasteiger partial charge in [0.1, 0.15) is 18.1 Å². The highest BCUT2D eigenvalue weighted by atomic mass is 16.7. The third-order valence-electron chi connectivity index (χ3n) is 4.88. The van der Waals surface area contributed by atoms with Gasteiger partial charge in [0.2, 0.25) is 6.79 Å². The smallest absolute Gasteiger partial charge is 0.265 e. The fraction of sp³-hybridized carbons (Fsp3) is 0.174. The highest BCUT2D eigenvalue weighted by molar-refractivity contribution is 5.95. The molecular formula is C23H19NO5. The van der Waals surface area contributed by atoms with Crippen molar-refractivity contribution in [1.29, 1.82) is 0 Å². The van der Waals surface area contributed by atoms with Crippen molar-refractivity contribution >= 4 is 11.6 Å². The summed E-state index contributed by atoms with van der Waals surface area (Å²) in [5.41, 5.74) is 2.70.